The zero-order valence-electron chi connectivity index (χ0n) is 15.8. The number of carbonyl (C=O) groups excluding carboxylic acids is 1. The molecule has 0 saturated carbocycles. The van der Waals surface area contributed by atoms with Crippen LogP contribution in [0.15, 0.2) is 47.1 Å². The van der Waals surface area contributed by atoms with Crippen LogP contribution in [0, 0.1) is 0 Å². The van der Waals surface area contributed by atoms with Gasteiger partial charge in [0, 0.05) is 11.6 Å². The summed E-state index contributed by atoms with van der Waals surface area (Å²) in [4.78, 5) is 16.8. The van der Waals surface area contributed by atoms with Crippen LogP contribution in [0.1, 0.15) is 23.6 Å². The minimum atomic E-state index is -0.249. The van der Waals surface area contributed by atoms with E-state index in [0.29, 0.717) is 28.6 Å². The second-order valence-corrected chi connectivity index (χ2v) is 5.97. The average molecular weight is 366 g/mol. The Morgan fingerprint density at radius 2 is 1.70 bits per heavy atom. The number of amidine groups is 1. The van der Waals surface area contributed by atoms with E-state index in [9.17, 15) is 4.79 Å². The summed E-state index contributed by atoms with van der Waals surface area (Å²) in [6, 6.07) is 11.2. The Bertz CT molecular complexity index is 910. The summed E-state index contributed by atoms with van der Waals surface area (Å²) in [5.74, 6) is 2.31. The van der Waals surface area contributed by atoms with Crippen molar-refractivity contribution in [1.82, 2.24) is 5.32 Å². The van der Waals surface area contributed by atoms with Crippen LogP contribution in [-0.2, 0) is 11.2 Å². The molecular formula is C21H22N2O4. The Labute approximate surface area is 158 Å². The topological polar surface area (TPSA) is 69.2 Å². The van der Waals surface area contributed by atoms with E-state index in [1.165, 1.54) is 0 Å². The van der Waals surface area contributed by atoms with E-state index in [2.05, 4.69) is 17.2 Å². The third-order valence-electron chi connectivity index (χ3n) is 4.31. The Morgan fingerprint density at radius 1 is 1.00 bits per heavy atom. The molecule has 2 aromatic rings. The Hall–Kier alpha value is -3.28. The molecule has 0 bridgehead atoms. The normalized spacial score (nSPS) is 14.7. The van der Waals surface area contributed by atoms with Crippen LogP contribution in [0.25, 0.3) is 6.08 Å². The predicted octanol–water partition coefficient (Wildman–Crippen LogP) is 3.19. The van der Waals surface area contributed by atoms with Crippen molar-refractivity contribution in [3.63, 3.8) is 0 Å². The van der Waals surface area contributed by atoms with Gasteiger partial charge in [-0.3, -0.25) is 4.79 Å². The van der Waals surface area contributed by atoms with Crippen molar-refractivity contribution >= 4 is 17.8 Å². The van der Waals surface area contributed by atoms with E-state index in [0.717, 1.165) is 23.3 Å². The van der Waals surface area contributed by atoms with Crippen LogP contribution in [0.4, 0.5) is 0 Å². The van der Waals surface area contributed by atoms with E-state index in [4.69, 9.17) is 14.2 Å². The number of methoxy groups -OCH3 is 3. The minimum Gasteiger partial charge on any atom is -0.497 e. The maximum absolute atomic E-state index is 12.4. The smallest absolute Gasteiger partial charge is 0.275 e. The largest absolute Gasteiger partial charge is 0.497 e. The zero-order valence-corrected chi connectivity index (χ0v) is 15.8. The molecule has 1 N–H and O–H groups in total. The second kappa shape index (κ2) is 7.95. The molecular weight excluding hydrogens is 344 g/mol. The number of ether oxygens (including phenoxy) is 3. The summed E-state index contributed by atoms with van der Waals surface area (Å²) < 4.78 is 15.9. The minimum absolute atomic E-state index is 0.249. The van der Waals surface area contributed by atoms with Gasteiger partial charge >= 0.3 is 0 Å². The van der Waals surface area contributed by atoms with Crippen molar-refractivity contribution in [2.75, 3.05) is 21.3 Å². The van der Waals surface area contributed by atoms with Gasteiger partial charge in [0.05, 0.1) is 21.3 Å². The van der Waals surface area contributed by atoms with E-state index in [1.807, 2.05) is 18.2 Å². The van der Waals surface area contributed by atoms with E-state index in [1.54, 1.807) is 45.6 Å². The molecule has 27 heavy (non-hydrogen) atoms. The maximum atomic E-state index is 12.4. The quantitative estimate of drug-likeness (QED) is 0.797. The van der Waals surface area contributed by atoms with Gasteiger partial charge in [-0.05, 0) is 47.9 Å². The van der Waals surface area contributed by atoms with Crippen molar-refractivity contribution in [1.29, 1.82) is 0 Å². The number of amides is 1. The maximum Gasteiger partial charge on any atom is 0.275 e. The van der Waals surface area contributed by atoms with E-state index < -0.39 is 0 Å². The van der Waals surface area contributed by atoms with Gasteiger partial charge in [0.1, 0.15) is 28.8 Å². The number of aryl methyl sites for hydroxylation is 1. The number of carbonyl (C=O) groups is 1. The van der Waals surface area contributed by atoms with Crippen LogP contribution in [-0.4, -0.2) is 33.1 Å². The first-order valence-corrected chi connectivity index (χ1v) is 8.60. The lowest BCUT2D eigenvalue weighted by atomic mass is 10.1. The van der Waals surface area contributed by atoms with Crippen LogP contribution >= 0.6 is 0 Å². The molecule has 0 saturated heterocycles. The van der Waals surface area contributed by atoms with Crippen molar-refractivity contribution in [2.24, 2.45) is 4.99 Å². The third kappa shape index (κ3) is 3.95. The van der Waals surface area contributed by atoms with Crippen molar-refractivity contribution in [3.8, 4) is 17.2 Å². The lowest BCUT2D eigenvalue weighted by Crippen LogP contribution is -2.24. The van der Waals surface area contributed by atoms with E-state index >= 15 is 0 Å². The molecule has 6 nitrogen and oxygen atoms in total. The highest BCUT2D eigenvalue weighted by atomic mass is 16.5. The van der Waals surface area contributed by atoms with Crippen molar-refractivity contribution in [3.05, 3.63) is 58.8 Å². The summed E-state index contributed by atoms with van der Waals surface area (Å²) in [5.41, 5.74) is 3.03. The number of benzene rings is 2. The van der Waals surface area contributed by atoms with Crippen LogP contribution in [0.2, 0.25) is 0 Å². The number of hydrogen-bond donors (Lipinski definition) is 1. The molecule has 140 valence electrons. The van der Waals surface area contributed by atoms with E-state index in [-0.39, 0.29) is 5.91 Å². The van der Waals surface area contributed by atoms with Crippen LogP contribution < -0.4 is 19.5 Å². The average Bonchev–Trinajstić information content (AvgIpc) is 3.07. The molecule has 0 fully saturated rings. The zero-order chi connectivity index (χ0) is 19.4. The first-order valence-electron chi connectivity index (χ1n) is 8.60. The van der Waals surface area contributed by atoms with Gasteiger partial charge in [-0.15, -0.1) is 0 Å². The van der Waals surface area contributed by atoms with Gasteiger partial charge in [-0.2, -0.15) is 0 Å². The second-order valence-electron chi connectivity index (χ2n) is 5.97. The SMILES string of the molecule is CCc1cc(/C=C2/N=C(c3cc(OC)cc(OC)c3)NC2=O)ccc1OC. The van der Waals surface area contributed by atoms with Crippen LogP contribution in [0.3, 0.4) is 0 Å². The highest BCUT2D eigenvalue weighted by Crippen LogP contribution is 2.26. The molecule has 2 aromatic carbocycles. The number of nitrogens with zero attached hydrogens (tertiary/aromatic N) is 1. The standard InChI is InChI=1S/C21H22N2O4/c1-5-14-8-13(6-7-19(14)27-4)9-18-21(24)23-20(22-18)15-10-16(25-2)12-17(11-15)26-3/h6-12H,5H2,1-4H3,(H,22,23,24)/b18-9+. The van der Waals surface area contributed by atoms with Crippen molar-refractivity contribution in [2.45, 2.75) is 13.3 Å². The van der Waals surface area contributed by atoms with Gasteiger partial charge in [-0.1, -0.05) is 13.0 Å². The highest BCUT2D eigenvalue weighted by molar-refractivity contribution is 6.20. The predicted molar refractivity (Wildman–Crippen MR) is 105 cm³/mol. The molecule has 0 radical (unpaired) electrons. The molecule has 0 aromatic heterocycles. The summed E-state index contributed by atoms with van der Waals surface area (Å²) in [7, 11) is 4.80. The molecule has 0 unspecified atom stereocenters. The highest BCUT2D eigenvalue weighted by Gasteiger charge is 2.22. The van der Waals surface area contributed by atoms with Gasteiger partial charge in [0.25, 0.3) is 5.91 Å². The molecule has 1 aliphatic rings. The fraction of sp³-hybridized carbons (Fsp3) is 0.238. The first kappa shape index (κ1) is 18.5. The molecule has 1 amide bonds. The molecule has 1 aliphatic heterocycles. The number of hydrogen-bond acceptors (Lipinski definition) is 5. The molecule has 0 aliphatic carbocycles. The van der Waals surface area contributed by atoms with Gasteiger partial charge < -0.3 is 19.5 Å². The molecule has 0 atom stereocenters. The Morgan fingerprint density at radius 3 is 2.30 bits per heavy atom. The van der Waals surface area contributed by atoms with Crippen molar-refractivity contribution < 1.29 is 19.0 Å². The lowest BCUT2D eigenvalue weighted by molar-refractivity contribution is -0.115. The molecule has 0 spiro atoms. The Balaban J connectivity index is 1.96. The monoisotopic (exact) mass is 366 g/mol. The number of rotatable bonds is 6. The number of aliphatic imine (C=N–C) groups is 1. The number of nitrogens with one attached hydrogen (secondary N) is 1. The van der Waals surface area contributed by atoms with Gasteiger partial charge in [0.15, 0.2) is 0 Å². The van der Waals surface area contributed by atoms with Gasteiger partial charge in [0.2, 0.25) is 0 Å². The molecule has 1 heterocycles. The lowest BCUT2D eigenvalue weighted by Gasteiger charge is -2.08. The summed E-state index contributed by atoms with van der Waals surface area (Å²) in [6.07, 6.45) is 2.60. The molecule has 3 rings (SSSR count). The summed E-state index contributed by atoms with van der Waals surface area (Å²) in [6.45, 7) is 2.06. The fourth-order valence-corrected chi connectivity index (χ4v) is 2.87. The molecule has 6 heteroatoms. The Kier molecular flexibility index (Phi) is 5.45. The van der Waals surface area contributed by atoms with Gasteiger partial charge in [-0.25, -0.2) is 4.99 Å². The van der Waals surface area contributed by atoms with Crippen LogP contribution in [0.5, 0.6) is 17.2 Å². The fourth-order valence-electron chi connectivity index (χ4n) is 2.87. The summed E-state index contributed by atoms with van der Waals surface area (Å²) in [5, 5.41) is 2.80. The third-order valence-corrected chi connectivity index (χ3v) is 4.31. The summed E-state index contributed by atoms with van der Waals surface area (Å²) >= 11 is 0. The first-order chi connectivity index (χ1) is 13.1.